The number of aryl methyl sites for hydroxylation is 2. The van der Waals surface area contributed by atoms with Crippen LogP contribution in [0.25, 0.3) is 0 Å². The molecule has 0 aliphatic carbocycles. The topological polar surface area (TPSA) is 86.8 Å². The third-order valence-corrected chi connectivity index (χ3v) is 8.11. The van der Waals surface area contributed by atoms with Crippen LogP contribution in [-0.4, -0.2) is 51.3 Å². The number of hydrogen-bond donors (Lipinski definition) is 1. The molecule has 0 radical (unpaired) electrons. The van der Waals surface area contributed by atoms with Crippen LogP contribution in [-0.2, 0) is 26.0 Å². The van der Waals surface area contributed by atoms with E-state index in [1.54, 1.807) is 36.4 Å². The number of benzene rings is 3. The summed E-state index contributed by atoms with van der Waals surface area (Å²) < 4.78 is 28.7. The molecule has 0 aliphatic heterocycles. The fraction of sp³-hybridized carbons (Fsp3) is 0.310. The van der Waals surface area contributed by atoms with E-state index in [1.165, 1.54) is 11.9 Å². The van der Waals surface area contributed by atoms with Gasteiger partial charge in [-0.05, 0) is 56.5 Å². The Labute approximate surface area is 220 Å². The Morgan fingerprint density at radius 1 is 0.865 bits per heavy atom. The molecule has 0 spiro atoms. The van der Waals surface area contributed by atoms with Crippen LogP contribution in [0.5, 0.6) is 0 Å². The molecule has 0 saturated heterocycles. The normalized spacial score (nSPS) is 12.0. The fourth-order valence-electron chi connectivity index (χ4n) is 4.14. The first-order chi connectivity index (χ1) is 17.7. The molecule has 2 amide bonds. The Hall–Kier alpha value is -3.65. The Balaban J connectivity index is 1.99. The van der Waals surface area contributed by atoms with Crippen LogP contribution in [0.1, 0.15) is 30.0 Å². The second-order valence-electron chi connectivity index (χ2n) is 9.02. The number of carbonyl (C=O) groups excluding carboxylic acids is 2. The first kappa shape index (κ1) is 27.9. The van der Waals surface area contributed by atoms with Crippen LogP contribution in [0.2, 0.25) is 0 Å². The molecule has 3 rings (SSSR count). The highest BCUT2D eigenvalue weighted by molar-refractivity contribution is 7.92. The predicted octanol–water partition coefficient (Wildman–Crippen LogP) is 4.09. The Kier molecular flexibility index (Phi) is 9.47. The maximum atomic E-state index is 13.8. The summed E-state index contributed by atoms with van der Waals surface area (Å²) in [6, 6.07) is 22.5. The summed E-state index contributed by atoms with van der Waals surface area (Å²) in [5, 5.41) is 2.64. The molecule has 1 atom stereocenters. The van der Waals surface area contributed by atoms with Crippen LogP contribution in [0.15, 0.2) is 83.8 Å². The van der Waals surface area contributed by atoms with Gasteiger partial charge in [-0.1, -0.05) is 72.6 Å². The van der Waals surface area contributed by atoms with Gasteiger partial charge in [0.1, 0.15) is 12.6 Å². The van der Waals surface area contributed by atoms with E-state index >= 15 is 0 Å². The largest absolute Gasteiger partial charge is 0.357 e. The van der Waals surface area contributed by atoms with Gasteiger partial charge in [0.05, 0.1) is 10.6 Å². The highest BCUT2D eigenvalue weighted by Gasteiger charge is 2.33. The van der Waals surface area contributed by atoms with E-state index in [9.17, 15) is 18.0 Å². The summed E-state index contributed by atoms with van der Waals surface area (Å²) in [6.45, 7) is 5.48. The highest BCUT2D eigenvalue weighted by Crippen LogP contribution is 2.25. The molecule has 3 aromatic rings. The standard InChI is InChI=1S/C29H35N3O4S/c1-5-27(29(34)30-4)31(20-19-24-9-7-6-8-10-24)28(33)21-32(25-15-11-22(2)12-16-25)37(35,36)26-17-13-23(3)14-18-26/h6-18,27H,5,19-21H2,1-4H3,(H,30,34). The van der Waals surface area contributed by atoms with E-state index in [0.717, 1.165) is 21.0 Å². The third kappa shape index (κ3) is 6.98. The number of rotatable bonds is 11. The van der Waals surface area contributed by atoms with E-state index in [0.29, 0.717) is 18.5 Å². The van der Waals surface area contributed by atoms with Gasteiger partial charge in [-0.3, -0.25) is 13.9 Å². The summed E-state index contributed by atoms with van der Waals surface area (Å²) in [7, 11) is -2.52. The molecule has 8 heteroatoms. The zero-order chi connectivity index (χ0) is 27.0. The number of amides is 2. The van der Waals surface area contributed by atoms with Crippen molar-refractivity contribution < 1.29 is 18.0 Å². The molecular weight excluding hydrogens is 486 g/mol. The second kappa shape index (κ2) is 12.5. The summed E-state index contributed by atoms with van der Waals surface area (Å²) in [5.74, 6) is -0.727. The van der Waals surface area contributed by atoms with E-state index in [4.69, 9.17) is 0 Å². The van der Waals surface area contributed by atoms with Gasteiger partial charge >= 0.3 is 0 Å². The summed E-state index contributed by atoms with van der Waals surface area (Å²) in [6.07, 6.45) is 0.935. The summed E-state index contributed by atoms with van der Waals surface area (Å²) >= 11 is 0. The molecule has 0 fully saturated rings. The lowest BCUT2D eigenvalue weighted by Crippen LogP contribution is -2.52. The van der Waals surface area contributed by atoms with Gasteiger partial charge < -0.3 is 10.2 Å². The Morgan fingerprint density at radius 2 is 1.43 bits per heavy atom. The summed E-state index contributed by atoms with van der Waals surface area (Å²) in [5.41, 5.74) is 3.31. The van der Waals surface area contributed by atoms with Crippen molar-refractivity contribution in [3.63, 3.8) is 0 Å². The smallest absolute Gasteiger partial charge is 0.264 e. The van der Waals surface area contributed by atoms with Gasteiger partial charge in [0.25, 0.3) is 10.0 Å². The minimum Gasteiger partial charge on any atom is -0.357 e. The van der Waals surface area contributed by atoms with Gasteiger partial charge in [-0.25, -0.2) is 8.42 Å². The maximum absolute atomic E-state index is 13.8. The number of likely N-dealkylation sites (N-methyl/N-ethyl adjacent to an activating group) is 1. The van der Waals surface area contributed by atoms with Crippen LogP contribution in [0.3, 0.4) is 0 Å². The van der Waals surface area contributed by atoms with Gasteiger partial charge in [0.15, 0.2) is 0 Å². The van der Waals surface area contributed by atoms with Gasteiger partial charge in [0, 0.05) is 13.6 Å². The minimum absolute atomic E-state index is 0.0978. The van der Waals surface area contributed by atoms with Crippen molar-refractivity contribution in [1.29, 1.82) is 0 Å². The maximum Gasteiger partial charge on any atom is 0.264 e. The first-order valence-corrected chi connectivity index (χ1v) is 13.8. The molecule has 0 aromatic heterocycles. The van der Waals surface area contributed by atoms with Crippen molar-refractivity contribution in [3.05, 3.63) is 95.6 Å². The second-order valence-corrected chi connectivity index (χ2v) is 10.9. The number of carbonyl (C=O) groups is 2. The quantitative estimate of drug-likeness (QED) is 0.412. The zero-order valence-electron chi connectivity index (χ0n) is 21.8. The first-order valence-electron chi connectivity index (χ1n) is 12.4. The Morgan fingerprint density at radius 3 is 1.97 bits per heavy atom. The molecule has 0 saturated carbocycles. The molecule has 196 valence electrons. The lowest BCUT2D eigenvalue weighted by Gasteiger charge is -2.33. The summed E-state index contributed by atoms with van der Waals surface area (Å²) in [4.78, 5) is 28.1. The highest BCUT2D eigenvalue weighted by atomic mass is 32.2. The number of nitrogens with one attached hydrogen (secondary N) is 1. The zero-order valence-corrected chi connectivity index (χ0v) is 22.7. The average Bonchev–Trinajstić information content (AvgIpc) is 2.90. The number of anilines is 1. The number of sulfonamides is 1. The number of hydrogen-bond acceptors (Lipinski definition) is 4. The van der Waals surface area contributed by atoms with Crippen LogP contribution >= 0.6 is 0 Å². The van der Waals surface area contributed by atoms with Crippen molar-refractivity contribution in [3.8, 4) is 0 Å². The molecule has 7 nitrogen and oxygen atoms in total. The predicted molar refractivity (Wildman–Crippen MR) is 147 cm³/mol. The molecule has 0 bridgehead atoms. The van der Waals surface area contributed by atoms with Gasteiger partial charge in [0.2, 0.25) is 11.8 Å². The van der Waals surface area contributed by atoms with Gasteiger partial charge in [-0.15, -0.1) is 0 Å². The molecular formula is C29H35N3O4S. The van der Waals surface area contributed by atoms with Gasteiger partial charge in [-0.2, -0.15) is 0 Å². The molecule has 0 heterocycles. The van der Waals surface area contributed by atoms with Crippen LogP contribution < -0.4 is 9.62 Å². The van der Waals surface area contributed by atoms with Crippen molar-refractivity contribution in [2.75, 3.05) is 24.4 Å². The minimum atomic E-state index is -4.05. The van der Waals surface area contributed by atoms with E-state index in [2.05, 4.69) is 5.32 Å². The van der Waals surface area contributed by atoms with Crippen molar-refractivity contribution >= 4 is 27.5 Å². The molecule has 3 aromatic carbocycles. The van der Waals surface area contributed by atoms with Crippen molar-refractivity contribution in [2.45, 2.75) is 44.6 Å². The van der Waals surface area contributed by atoms with Crippen molar-refractivity contribution in [2.24, 2.45) is 0 Å². The Bertz CT molecular complexity index is 1290. The molecule has 0 aliphatic rings. The van der Waals surface area contributed by atoms with Crippen LogP contribution in [0, 0.1) is 13.8 Å². The average molecular weight is 522 g/mol. The number of nitrogens with zero attached hydrogens (tertiary/aromatic N) is 2. The van der Waals surface area contributed by atoms with E-state index in [1.807, 2.05) is 63.2 Å². The molecule has 1 unspecified atom stereocenters. The van der Waals surface area contributed by atoms with E-state index < -0.39 is 28.5 Å². The van der Waals surface area contributed by atoms with E-state index in [-0.39, 0.29) is 17.3 Å². The van der Waals surface area contributed by atoms with Crippen LogP contribution in [0.4, 0.5) is 5.69 Å². The lowest BCUT2D eigenvalue weighted by atomic mass is 10.1. The van der Waals surface area contributed by atoms with Crippen molar-refractivity contribution in [1.82, 2.24) is 10.2 Å². The SMILES string of the molecule is CCC(C(=O)NC)N(CCc1ccccc1)C(=O)CN(c1ccc(C)cc1)S(=O)(=O)c1ccc(C)cc1. The molecule has 1 N–H and O–H groups in total. The molecule has 37 heavy (non-hydrogen) atoms. The fourth-order valence-corrected chi connectivity index (χ4v) is 5.55. The monoisotopic (exact) mass is 521 g/mol. The lowest BCUT2D eigenvalue weighted by molar-refractivity contribution is -0.139. The third-order valence-electron chi connectivity index (χ3n) is 6.33.